The predicted octanol–water partition coefficient (Wildman–Crippen LogP) is -0.250. The maximum absolute atomic E-state index is 11.6. The van der Waals surface area contributed by atoms with Crippen molar-refractivity contribution in [3.8, 4) is 0 Å². The topological polar surface area (TPSA) is 62.1 Å². The zero-order chi connectivity index (χ0) is 13.6. The van der Waals surface area contributed by atoms with Crippen molar-refractivity contribution in [1.82, 2.24) is 3.97 Å². The van der Waals surface area contributed by atoms with Crippen molar-refractivity contribution >= 4 is 38.2 Å². The standard InChI is InChI=1S/C14H11NO3S.Li/c1-2-10-6-5-8-12-11-7-3-4-9-13(11)15(14(10)12)19(16,17)18;/h2-9H,1H2,(H,16,17,18);/q;+1/p-1. The molecule has 96 valence electrons. The first-order chi connectivity index (χ1) is 9.04. The molecule has 3 rings (SSSR count). The second-order valence-corrected chi connectivity index (χ2v) is 5.41. The van der Waals surface area contributed by atoms with E-state index in [4.69, 9.17) is 0 Å². The minimum atomic E-state index is -4.63. The molecule has 6 heteroatoms. The summed E-state index contributed by atoms with van der Waals surface area (Å²) in [5.41, 5.74) is 1.39. The van der Waals surface area contributed by atoms with E-state index < -0.39 is 10.3 Å². The van der Waals surface area contributed by atoms with Gasteiger partial charge < -0.3 is 4.55 Å². The first-order valence-corrected chi connectivity index (χ1v) is 7.01. The van der Waals surface area contributed by atoms with Gasteiger partial charge in [0.05, 0.1) is 11.0 Å². The van der Waals surface area contributed by atoms with Gasteiger partial charge in [-0.3, -0.25) is 0 Å². The Balaban J connectivity index is 0.00000147. The second kappa shape index (κ2) is 5.11. The van der Waals surface area contributed by atoms with Crippen molar-refractivity contribution in [2.75, 3.05) is 0 Å². The Kier molecular flexibility index (Phi) is 3.81. The fourth-order valence-corrected chi connectivity index (χ4v) is 3.23. The van der Waals surface area contributed by atoms with Gasteiger partial charge in [-0.2, -0.15) is 0 Å². The molecule has 4 nitrogen and oxygen atoms in total. The Morgan fingerprint density at radius 3 is 2.35 bits per heavy atom. The van der Waals surface area contributed by atoms with Crippen molar-refractivity contribution in [3.05, 3.63) is 54.6 Å². The van der Waals surface area contributed by atoms with E-state index in [2.05, 4.69) is 6.58 Å². The van der Waals surface area contributed by atoms with Crippen LogP contribution in [0.25, 0.3) is 27.9 Å². The van der Waals surface area contributed by atoms with Crippen molar-refractivity contribution in [3.63, 3.8) is 0 Å². The Hall–Kier alpha value is -1.51. The average Bonchev–Trinajstić information content (AvgIpc) is 2.72. The zero-order valence-electron chi connectivity index (χ0n) is 10.9. The van der Waals surface area contributed by atoms with Crippen molar-refractivity contribution in [1.29, 1.82) is 0 Å². The summed E-state index contributed by atoms with van der Waals surface area (Å²) in [6, 6.07) is 12.3. The van der Waals surface area contributed by atoms with E-state index in [0.717, 1.165) is 14.7 Å². The van der Waals surface area contributed by atoms with Crippen LogP contribution in [-0.2, 0) is 10.3 Å². The number of aromatic nitrogens is 1. The van der Waals surface area contributed by atoms with Gasteiger partial charge in [0, 0.05) is 10.8 Å². The molecular weight excluding hydrogens is 269 g/mol. The smallest absolute Gasteiger partial charge is 0.731 e. The molecule has 0 atom stereocenters. The largest absolute Gasteiger partial charge is 1.00 e. The summed E-state index contributed by atoms with van der Waals surface area (Å²) >= 11 is 0. The van der Waals surface area contributed by atoms with Crippen molar-refractivity contribution in [2.24, 2.45) is 0 Å². The molecule has 0 radical (unpaired) electrons. The molecular formula is C14H10LiNO3S. The van der Waals surface area contributed by atoms with E-state index in [-0.39, 0.29) is 18.9 Å². The van der Waals surface area contributed by atoms with Gasteiger partial charge in [0.25, 0.3) is 0 Å². The summed E-state index contributed by atoms with van der Waals surface area (Å²) in [7, 11) is -4.63. The maximum Gasteiger partial charge on any atom is 1.00 e. The van der Waals surface area contributed by atoms with Crippen LogP contribution < -0.4 is 18.9 Å². The number of nitrogens with zero attached hydrogens (tertiary/aromatic N) is 1. The Morgan fingerprint density at radius 2 is 1.70 bits per heavy atom. The number of fused-ring (bicyclic) bond motifs is 3. The minimum Gasteiger partial charge on any atom is -0.731 e. The fourth-order valence-electron chi connectivity index (χ4n) is 2.40. The maximum atomic E-state index is 11.6. The summed E-state index contributed by atoms with van der Waals surface area (Å²) in [6.07, 6.45) is 1.54. The van der Waals surface area contributed by atoms with Crippen molar-refractivity contribution in [2.45, 2.75) is 0 Å². The van der Waals surface area contributed by atoms with Crippen LogP contribution in [0.4, 0.5) is 0 Å². The molecule has 0 unspecified atom stereocenters. The van der Waals surface area contributed by atoms with Crippen LogP contribution in [0.5, 0.6) is 0 Å². The van der Waals surface area contributed by atoms with Crippen LogP contribution in [0.1, 0.15) is 5.56 Å². The van der Waals surface area contributed by atoms with Crippen LogP contribution in [0.2, 0.25) is 0 Å². The average molecular weight is 279 g/mol. The Bertz CT molecular complexity index is 913. The normalized spacial score (nSPS) is 11.4. The van der Waals surface area contributed by atoms with Gasteiger partial charge in [0.15, 0.2) is 10.3 Å². The first kappa shape index (κ1) is 14.9. The van der Waals surface area contributed by atoms with E-state index >= 15 is 0 Å². The molecule has 0 bridgehead atoms. The van der Waals surface area contributed by atoms with Crippen molar-refractivity contribution < 1.29 is 31.8 Å². The number of para-hydroxylation sites is 2. The molecule has 20 heavy (non-hydrogen) atoms. The predicted molar refractivity (Wildman–Crippen MR) is 74.6 cm³/mol. The molecule has 2 aromatic carbocycles. The third-order valence-corrected chi connectivity index (χ3v) is 3.95. The van der Waals surface area contributed by atoms with Gasteiger partial charge in [0.2, 0.25) is 0 Å². The van der Waals surface area contributed by atoms with Crippen LogP contribution >= 0.6 is 0 Å². The van der Waals surface area contributed by atoms with E-state index in [0.29, 0.717) is 16.6 Å². The third kappa shape index (κ3) is 2.09. The van der Waals surface area contributed by atoms with Crippen LogP contribution in [-0.4, -0.2) is 16.9 Å². The number of hydrogen-bond donors (Lipinski definition) is 0. The molecule has 0 fully saturated rings. The third-order valence-electron chi connectivity index (χ3n) is 3.13. The number of benzene rings is 2. The molecule has 0 aliphatic heterocycles. The van der Waals surface area contributed by atoms with Gasteiger partial charge in [-0.05, 0) is 11.6 Å². The minimum absolute atomic E-state index is 0. The molecule has 0 saturated heterocycles. The fraction of sp³-hybridized carbons (Fsp3) is 0. The second-order valence-electron chi connectivity index (χ2n) is 4.19. The monoisotopic (exact) mass is 279 g/mol. The summed E-state index contributed by atoms with van der Waals surface area (Å²) in [6.45, 7) is 3.66. The van der Waals surface area contributed by atoms with Gasteiger partial charge in [0.1, 0.15) is 0 Å². The Morgan fingerprint density at radius 1 is 1.05 bits per heavy atom. The van der Waals surface area contributed by atoms with E-state index in [1.807, 2.05) is 12.1 Å². The molecule has 0 N–H and O–H groups in total. The van der Waals surface area contributed by atoms with E-state index in [9.17, 15) is 13.0 Å². The molecule has 1 aromatic heterocycles. The van der Waals surface area contributed by atoms with Gasteiger partial charge in [-0.25, -0.2) is 12.4 Å². The summed E-state index contributed by atoms with van der Waals surface area (Å²) in [5, 5.41) is 1.47. The van der Waals surface area contributed by atoms with E-state index in [1.165, 1.54) is 0 Å². The van der Waals surface area contributed by atoms with Crippen LogP contribution in [0.3, 0.4) is 0 Å². The summed E-state index contributed by atoms with van der Waals surface area (Å²) in [4.78, 5) is 0. The molecule has 0 aliphatic rings. The number of hydrogen-bond acceptors (Lipinski definition) is 3. The quantitative estimate of drug-likeness (QED) is 0.480. The van der Waals surface area contributed by atoms with Crippen LogP contribution in [0.15, 0.2) is 49.0 Å². The van der Waals surface area contributed by atoms with Gasteiger partial charge in [-0.1, -0.05) is 49.1 Å². The molecule has 0 aliphatic carbocycles. The summed E-state index contributed by atoms with van der Waals surface area (Å²) in [5.74, 6) is 0. The molecule has 0 saturated carbocycles. The number of rotatable bonds is 2. The summed E-state index contributed by atoms with van der Waals surface area (Å²) < 4.78 is 35.5. The Labute approximate surface area is 128 Å². The van der Waals surface area contributed by atoms with Gasteiger partial charge >= 0.3 is 18.9 Å². The SMILES string of the molecule is C=Cc1cccc2c3ccccc3n(S(=O)(=O)[O-])c12.[Li+]. The molecule has 3 aromatic rings. The van der Waals surface area contributed by atoms with Gasteiger partial charge in [-0.15, -0.1) is 0 Å². The van der Waals surface area contributed by atoms with E-state index in [1.54, 1.807) is 36.4 Å². The molecule has 1 heterocycles. The molecule has 0 spiro atoms. The first-order valence-electron chi connectivity index (χ1n) is 5.65. The molecule has 0 amide bonds. The zero-order valence-corrected chi connectivity index (χ0v) is 11.7. The van der Waals surface area contributed by atoms with Crippen LogP contribution in [0, 0.1) is 0 Å².